The van der Waals surface area contributed by atoms with Crippen molar-refractivity contribution in [2.24, 2.45) is 0 Å². The van der Waals surface area contributed by atoms with Crippen LogP contribution in [0.3, 0.4) is 0 Å². The van der Waals surface area contributed by atoms with Crippen LogP contribution in [0, 0.1) is 6.92 Å². The monoisotopic (exact) mass is 290 g/mol. The van der Waals surface area contributed by atoms with Crippen molar-refractivity contribution < 1.29 is 14.3 Å². The molecule has 0 saturated carbocycles. The Labute approximate surface area is 119 Å². The summed E-state index contributed by atoms with van der Waals surface area (Å²) in [4.78, 5) is 23.5. The van der Waals surface area contributed by atoms with E-state index >= 15 is 0 Å². The van der Waals surface area contributed by atoms with E-state index in [1.165, 1.54) is 25.1 Å². The number of aryl methyl sites for hydroxylation is 1. The number of ketones is 1. The van der Waals surface area contributed by atoms with Gasteiger partial charge in [0.25, 0.3) is 0 Å². The van der Waals surface area contributed by atoms with E-state index in [1.54, 1.807) is 24.3 Å². The van der Waals surface area contributed by atoms with E-state index in [0.717, 1.165) is 0 Å². The van der Waals surface area contributed by atoms with Crippen LogP contribution in [0.2, 0.25) is 5.02 Å². The minimum Gasteiger partial charge on any atom is -0.507 e. The summed E-state index contributed by atoms with van der Waals surface area (Å²) in [6.07, 6.45) is 2.69. The lowest BCUT2D eigenvalue weighted by molar-refractivity contribution is 0.104. The average molecular weight is 291 g/mol. The van der Waals surface area contributed by atoms with Gasteiger partial charge < -0.3 is 9.52 Å². The first-order chi connectivity index (χ1) is 9.47. The quantitative estimate of drug-likeness (QED) is 0.696. The van der Waals surface area contributed by atoms with E-state index in [-0.39, 0.29) is 17.1 Å². The van der Waals surface area contributed by atoms with E-state index < -0.39 is 11.4 Å². The van der Waals surface area contributed by atoms with Crippen LogP contribution < -0.4 is 5.63 Å². The Morgan fingerprint density at radius 1 is 1.35 bits per heavy atom. The van der Waals surface area contributed by atoms with Crippen LogP contribution in [0.4, 0.5) is 0 Å². The lowest BCUT2D eigenvalue weighted by atomic mass is 10.1. The van der Waals surface area contributed by atoms with Crippen molar-refractivity contribution in [3.8, 4) is 5.75 Å². The minimum absolute atomic E-state index is 0.239. The second-order valence-electron chi connectivity index (χ2n) is 4.16. The highest BCUT2D eigenvalue weighted by Crippen LogP contribution is 2.16. The van der Waals surface area contributed by atoms with Crippen molar-refractivity contribution >= 4 is 23.5 Å². The molecule has 0 aliphatic rings. The first-order valence-electron chi connectivity index (χ1n) is 5.79. The van der Waals surface area contributed by atoms with Crippen molar-refractivity contribution in [2.45, 2.75) is 6.92 Å². The standard InChI is InChI=1S/C15H11ClO4/c1-9-7-13(18)14(15(19)20-9)12(17)6-5-10-3-2-4-11(16)8-10/h2-8,18H,1H3/b6-5+. The molecule has 2 aromatic rings. The van der Waals surface area contributed by atoms with Gasteiger partial charge in [0.15, 0.2) is 5.78 Å². The molecule has 1 aromatic carbocycles. The van der Waals surface area contributed by atoms with Crippen molar-refractivity contribution in [3.05, 3.63) is 68.7 Å². The Morgan fingerprint density at radius 3 is 2.75 bits per heavy atom. The van der Waals surface area contributed by atoms with Crippen molar-refractivity contribution in [1.29, 1.82) is 0 Å². The van der Waals surface area contributed by atoms with E-state index in [4.69, 9.17) is 16.0 Å². The lowest BCUT2D eigenvalue weighted by Crippen LogP contribution is -2.12. The molecule has 2 rings (SSSR count). The van der Waals surface area contributed by atoms with Crippen molar-refractivity contribution in [2.75, 3.05) is 0 Å². The fraction of sp³-hybridized carbons (Fsp3) is 0.0667. The summed E-state index contributed by atoms with van der Waals surface area (Å²) in [5.41, 5.74) is -0.529. The van der Waals surface area contributed by atoms with Crippen LogP contribution in [-0.2, 0) is 0 Å². The van der Waals surface area contributed by atoms with Gasteiger partial charge in [-0.05, 0) is 30.7 Å². The number of hydrogen-bond donors (Lipinski definition) is 1. The maximum atomic E-state index is 11.9. The normalized spacial score (nSPS) is 10.9. The second kappa shape index (κ2) is 5.75. The SMILES string of the molecule is Cc1cc(O)c(C(=O)/C=C/c2cccc(Cl)c2)c(=O)o1. The molecule has 0 aliphatic carbocycles. The first-order valence-corrected chi connectivity index (χ1v) is 6.17. The lowest BCUT2D eigenvalue weighted by Gasteiger charge is -2.00. The average Bonchev–Trinajstić information content (AvgIpc) is 2.35. The molecule has 5 heteroatoms. The van der Waals surface area contributed by atoms with Crippen molar-refractivity contribution in [3.63, 3.8) is 0 Å². The molecular formula is C15H11ClO4. The Kier molecular flexibility index (Phi) is 4.05. The van der Waals surface area contributed by atoms with Gasteiger partial charge in [-0.1, -0.05) is 29.8 Å². The van der Waals surface area contributed by atoms with Crippen LogP contribution in [0.5, 0.6) is 5.75 Å². The molecule has 0 bridgehead atoms. The summed E-state index contributed by atoms with van der Waals surface area (Å²) < 4.78 is 4.79. The van der Waals surface area contributed by atoms with Crippen LogP contribution in [-0.4, -0.2) is 10.9 Å². The molecule has 102 valence electrons. The number of allylic oxidation sites excluding steroid dienone is 1. The zero-order chi connectivity index (χ0) is 14.7. The fourth-order valence-corrected chi connectivity index (χ4v) is 1.89. The third kappa shape index (κ3) is 3.16. The predicted molar refractivity (Wildman–Crippen MR) is 76.2 cm³/mol. The van der Waals surface area contributed by atoms with Gasteiger partial charge in [0, 0.05) is 11.1 Å². The molecule has 0 unspecified atom stereocenters. The van der Waals surface area contributed by atoms with Gasteiger partial charge in [-0.3, -0.25) is 4.79 Å². The van der Waals surface area contributed by atoms with Crippen LogP contribution >= 0.6 is 11.6 Å². The number of halogens is 1. The maximum absolute atomic E-state index is 11.9. The molecule has 0 atom stereocenters. The second-order valence-corrected chi connectivity index (χ2v) is 4.59. The number of aromatic hydroxyl groups is 1. The fourth-order valence-electron chi connectivity index (χ4n) is 1.69. The number of carbonyl (C=O) groups excluding carboxylic acids is 1. The smallest absolute Gasteiger partial charge is 0.351 e. The van der Waals surface area contributed by atoms with Crippen LogP contribution in [0.25, 0.3) is 6.08 Å². The zero-order valence-electron chi connectivity index (χ0n) is 10.6. The molecule has 0 saturated heterocycles. The molecular weight excluding hydrogens is 280 g/mol. The van der Waals surface area contributed by atoms with E-state index in [9.17, 15) is 14.7 Å². The number of hydrogen-bond acceptors (Lipinski definition) is 4. The molecule has 0 aliphatic heterocycles. The third-order valence-electron chi connectivity index (χ3n) is 2.58. The molecule has 1 heterocycles. The van der Waals surface area contributed by atoms with Crippen LogP contribution in [0.15, 0.2) is 45.6 Å². The summed E-state index contributed by atoms with van der Waals surface area (Å²) in [7, 11) is 0. The molecule has 0 amide bonds. The van der Waals surface area contributed by atoms with Gasteiger partial charge in [-0.25, -0.2) is 4.79 Å². The minimum atomic E-state index is -0.858. The Bertz CT molecular complexity index is 744. The highest BCUT2D eigenvalue weighted by Gasteiger charge is 2.15. The van der Waals surface area contributed by atoms with Gasteiger partial charge >= 0.3 is 5.63 Å². The zero-order valence-corrected chi connectivity index (χ0v) is 11.3. The van der Waals surface area contributed by atoms with Crippen molar-refractivity contribution in [1.82, 2.24) is 0 Å². The molecule has 20 heavy (non-hydrogen) atoms. The van der Waals surface area contributed by atoms with Gasteiger partial charge in [0.1, 0.15) is 17.1 Å². The summed E-state index contributed by atoms with van der Waals surface area (Å²) in [6, 6.07) is 8.10. The number of benzene rings is 1. The molecule has 0 fully saturated rings. The largest absolute Gasteiger partial charge is 0.507 e. The van der Waals surface area contributed by atoms with Crippen LogP contribution in [0.1, 0.15) is 21.7 Å². The third-order valence-corrected chi connectivity index (χ3v) is 2.81. The Morgan fingerprint density at radius 2 is 2.10 bits per heavy atom. The van der Waals surface area contributed by atoms with Gasteiger partial charge in [0.2, 0.25) is 0 Å². The van der Waals surface area contributed by atoms with E-state index in [2.05, 4.69) is 0 Å². The highest BCUT2D eigenvalue weighted by atomic mass is 35.5. The van der Waals surface area contributed by atoms with Gasteiger partial charge in [0.05, 0.1) is 0 Å². The molecule has 4 nitrogen and oxygen atoms in total. The van der Waals surface area contributed by atoms with Gasteiger partial charge in [-0.15, -0.1) is 0 Å². The predicted octanol–water partition coefficient (Wildman–Crippen LogP) is 3.20. The Hall–Kier alpha value is -2.33. The van der Waals surface area contributed by atoms with E-state index in [0.29, 0.717) is 10.6 Å². The molecule has 0 spiro atoms. The maximum Gasteiger partial charge on any atom is 0.351 e. The summed E-state index contributed by atoms with van der Waals surface area (Å²) in [5, 5.41) is 10.2. The van der Waals surface area contributed by atoms with E-state index in [1.807, 2.05) is 0 Å². The molecule has 1 N–H and O–H groups in total. The number of carbonyl (C=O) groups is 1. The summed E-state index contributed by atoms with van der Waals surface area (Å²) in [5.74, 6) is -0.779. The summed E-state index contributed by atoms with van der Waals surface area (Å²) >= 11 is 5.82. The Balaban J connectivity index is 2.32. The molecule has 0 radical (unpaired) electrons. The molecule has 1 aromatic heterocycles. The first kappa shape index (κ1) is 14.1. The highest BCUT2D eigenvalue weighted by molar-refractivity contribution is 6.30. The topological polar surface area (TPSA) is 67.5 Å². The summed E-state index contributed by atoms with van der Waals surface area (Å²) in [6.45, 7) is 1.51. The number of rotatable bonds is 3. The van der Waals surface area contributed by atoms with Gasteiger partial charge in [-0.2, -0.15) is 0 Å².